The highest BCUT2D eigenvalue weighted by molar-refractivity contribution is 5.96. The molecule has 15 rings (SSSR count). The molecule has 0 atom stereocenters. The number of carbonyl (C=O) groups is 3. The van der Waals surface area contributed by atoms with E-state index in [4.69, 9.17) is 10.00 Å². The lowest BCUT2D eigenvalue weighted by molar-refractivity contribution is -0.138. The van der Waals surface area contributed by atoms with Crippen LogP contribution < -0.4 is 15.1 Å². The number of β-amino-alcohol motifs (C(OH)–C–C–N with tert-alkyl or cyclic N) is 1. The van der Waals surface area contributed by atoms with Gasteiger partial charge < -0.3 is 39.7 Å². The maximum absolute atomic E-state index is 14.0. The number of anilines is 2. The Balaban J connectivity index is 0.000000129. The summed E-state index contributed by atoms with van der Waals surface area (Å²) < 4.78 is 74.0. The second kappa shape index (κ2) is 24.9. The number of aliphatic hydroxyl groups is 1. The molecule has 5 heterocycles. The third kappa shape index (κ3) is 12.5. The smallest absolute Gasteiger partial charge is 0.388 e. The number of alkyl halides is 3. The molecular formula is C73H89F5N12O5. The first kappa shape index (κ1) is 66.2. The summed E-state index contributed by atoms with van der Waals surface area (Å²) >= 11 is 0. The lowest BCUT2D eigenvalue weighted by atomic mass is 9.58. The van der Waals surface area contributed by atoms with Crippen molar-refractivity contribution in [3.05, 3.63) is 161 Å². The predicted molar refractivity (Wildman–Crippen MR) is 351 cm³/mol. The highest BCUT2D eigenvalue weighted by atomic mass is 19.4. The number of nitrogens with one attached hydrogen (secondary N) is 1. The lowest BCUT2D eigenvalue weighted by Gasteiger charge is -2.60. The number of urea groups is 3. The van der Waals surface area contributed by atoms with Gasteiger partial charge in [-0.2, -0.15) is 18.4 Å². The first-order valence-electron chi connectivity index (χ1n) is 33.7. The van der Waals surface area contributed by atoms with Crippen molar-refractivity contribution in [2.45, 2.75) is 135 Å². The number of pyridine rings is 1. The number of nitrogens with zero attached hydrogens (tertiary/aromatic N) is 11. The zero-order valence-corrected chi connectivity index (χ0v) is 55.5. The van der Waals surface area contributed by atoms with Crippen LogP contribution in [0.1, 0.15) is 117 Å². The molecule has 10 fully saturated rings. The third-order valence-corrected chi connectivity index (χ3v) is 22.9. The maximum atomic E-state index is 14.0. The fraction of sp³-hybridized carbons (Fsp3) is 0.548. The molecule has 6 amide bonds. The molecular weight excluding hydrogens is 1220 g/mol. The molecule has 5 aromatic rings. The Morgan fingerprint density at radius 3 is 1.67 bits per heavy atom. The van der Waals surface area contributed by atoms with E-state index >= 15 is 0 Å². The average molecular weight is 1310 g/mol. The molecule has 6 aliphatic carbocycles. The minimum absolute atomic E-state index is 0.0196. The summed E-state index contributed by atoms with van der Waals surface area (Å²) in [5, 5.41) is 23.0. The SMILES string of the molecule is CN(C)C1(c2cccc(F)c2)CC2(CN(CC3(O)CCC3)C(=O)N2CC2CC2)C1.CN(C)C1(c2cccc(F)c2)CC2(CN(Cc3ccc(N4CCOCC4)cc3)C(=O)N2)C1.CN(C)C1(c2ccccc2)CC2(CN(c3cnc(C#N)c(C(F)(F)F)c3)C(=O)N2CC2CC2)C1. The van der Waals surface area contributed by atoms with Gasteiger partial charge in [-0.25, -0.2) is 28.1 Å². The number of nitriles is 1. The van der Waals surface area contributed by atoms with E-state index in [9.17, 15) is 41.4 Å². The largest absolute Gasteiger partial charge is 0.419 e. The van der Waals surface area contributed by atoms with E-state index in [0.29, 0.717) is 63.9 Å². The number of rotatable bonds is 16. The van der Waals surface area contributed by atoms with E-state index in [1.165, 1.54) is 53.4 Å². The standard InChI is InChI=1S/C25H26F3N5O.C25H31FN4O2.C23H32FN3O2/c1-31(2)24(18-6-4-3-5-7-18)14-23(15-24)16-32(22(34)33(23)13-17-8-9-17)19-10-20(25(26,27)28)21(11-29)30-12-19;1-28(2)25(20-4-3-5-21(26)14-20)16-24(17-25)18-30(23(31)27-24)15-19-6-8-22(9-7-19)29-10-12-32-13-11-29;1-25(2)23(18-5-3-6-19(24)11-18)13-21(14-23)15-26(16-22(29)9-4-10-22)20(28)27(21)12-17-7-8-17/h3-7,10,12,17H,8-9,13-16H2,1-2H3;3-9,14H,10-13,15-18H2,1-2H3,(H,27,31);3,5-6,11,17,29H,4,7-10,12-16H2,1-2H3. The molecule has 4 aromatic carbocycles. The molecule has 4 aliphatic heterocycles. The Hall–Kier alpha value is -7.42. The summed E-state index contributed by atoms with van der Waals surface area (Å²) in [5.41, 5.74) is 1.32. The fourth-order valence-corrected chi connectivity index (χ4v) is 17.0. The van der Waals surface area contributed by atoms with Gasteiger partial charge in [-0.1, -0.05) is 66.7 Å². The van der Waals surface area contributed by atoms with Crippen molar-refractivity contribution in [3.63, 3.8) is 0 Å². The van der Waals surface area contributed by atoms with Crippen molar-refractivity contribution >= 4 is 29.5 Å². The Morgan fingerprint density at radius 1 is 0.642 bits per heavy atom. The van der Waals surface area contributed by atoms with Gasteiger partial charge in [0, 0.05) is 51.5 Å². The summed E-state index contributed by atoms with van der Waals surface area (Å²) in [6.45, 7) is 7.47. The van der Waals surface area contributed by atoms with Crippen LogP contribution in [-0.2, 0) is 34.1 Å². The molecule has 0 bridgehead atoms. The van der Waals surface area contributed by atoms with Gasteiger partial charge in [0.25, 0.3) is 0 Å². The number of aromatic nitrogens is 1. The van der Waals surface area contributed by atoms with Crippen molar-refractivity contribution in [1.29, 1.82) is 5.26 Å². The van der Waals surface area contributed by atoms with Gasteiger partial charge in [-0.05, 0) is 202 Å². The Labute approximate surface area is 554 Å². The molecule has 17 nitrogen and oxygen atoms in total. The van der Waals surface area contributed by atoms with Gasteiger partial charge in [0.2, 0.25) is 0 Å². The van der Waals surface area contributed by atoms with Crippen LogP contribution in [0.25, 0.3) is 0 Å². The van der Waals surface area contributed by atoms with Crippen LogP contribution in [-0.4, -0.2) is 193 Å². The molecule has 95 heavy (non-hydrogen) atoms. The number of benzene rings is 4. The summed E-state index contributed by atoms with van der Waals surface area (Å²) in [6.07, 6.45) is 8.18. The van der Waals surface area contributed by atoms with Crippen LogP contribution in [0.2, 0.25) is 0 Å². The fourth-order valence-electron chi connectivity index (χ4n) is 17.0. The minimum atomic E-state index is -4.73. The zero-order chi connectivity index (χ0) is 67.1. The van der Waals surface area contributed by atoms with Crippen LogP contribution in [0.5, 0.6) is 0 Å². The van der Waals surface area contributed by atoms with Gasteiger partial charge in [0.1, 0.15) is 17.7 Å². The van der Waals surface area contributed by atoms with E-state index < -0.39 is 28.6 Å². The topological polar surface area (TPSA) is 159 Å². The number of ether oxygens (including phenoxy) is 1. The maximum Gasteiger partial charge on any atom is 0.419 e. The molecule has 22 heteroatoms. The predicted octanol–water partition coefficient (Wildman–Crippen LogP) is 11.0. The second-order valence-corrected chi connectivity index (χ2v) is 29.9. The van der Waals surface area contributed by atoms with Crippen molar-refractivity contribution in [2.24, 2.45) is 11.8 Å². The van der Waals surface area contributed by atoms with Crippen molar-refractivity contribution in [1.82, 2.24) is 44.6 Å². The van der Waals surface area contributed by atoms with E-state index in [2.05, 4.69) is 85.3 Å². The summed E-state index contributed by atoms with van der Waals surface area (Å²) in [5.74, 6) is 0.626. The second-order valence-electron chi connectivity index (χ2n) is 29.9. The van der Waals surface area contributed by atoms with Crippen LogP contribution in [0.3, 0.4) is 0 Å². The average Bonchev–Trinajstić information content (AvgIpc) is 1.64. The van der Waals surface area contributed by atoms with E-state index in [1.807, 2.05) is 73.2 Å². The van der Waals surface area contributed by atoms with Crippen molar-refractivity contribution in [2.75, 3.05) is 118 Å². The highest BCUT2D eigenvalue weighted by Crippen LogP contribution is 2.60. The van der Waals surface area contributed by atoms with E-state index in [-0.39, 0.29) is 63.1 Å². The number of carbonyl (C=O) groups excluding carboxylic acids is 3. The molecule has 6 saturated carbocycles. The first-order chi connectivity index (χ1) is 45.2. The van der Waals surface area contributed by atoms with Crippen LogP contribution in [0.15, 0.2) is 115 Å². The van der Waals surface area contributed by atoms with Gasteiger partial charge in [0.15, 0.2) is 5.69 Å². The molecule has 2 N–H and O–H groups in total. The summed E-state index contributed by atoms with van der Waals surface area (Å²) in [6, 6.07) is 34.6. The molecule has 4 saturated heterocycles. The molecule has 10 aliphatic rings. The Bertz CT molecular complexity index is 3700. The number of hydrogen-bond donors (Lipinski definition) is 2. The number of amides is 6. The van der Waals surface area contributed by atoms with Crippen LogP contribution in [0.4, 0.5) is 47.7 Å². The molecule has 3 spiro atoms. The van der Waals surface area contributed by atoms with Crippen LogP contribution in [0, 0.1) is 34.8 Å². The monoisotopic (exact) mass is 1310 g/mol. The zero-order valence-electron chi connectivity index (χ0n) is 55.5. The summed E-state index contributed by atoms with van der Waals surface area (Å²) in [4.78, 5) is 61.5. The van der Waals surface area contributed by atoms with Gasteiger partial charge in [0.05, 0.1) is 82.6 Å². The molecule has 0 unspecified atom stereocenters. The van der Waals surface area contributed by atoms with Crippen molar-refractivity contribution in [3.8, 4) is 6.07 Å². The normalized spacial score (nSPS) is 29.1. The number of hydrogen-bond acceptors (Lipinski definition) is 11. The molecule has 506 valence electrons. The van der Waals surface area contributed by atoms with Crippen molar-refractivity contribution < 1.29 is 46.2 Å². The summed E-state index contributed by atoms with van der Waals surface area (Å²) in [7, 11) is 12.2. The van der Waals surface area contributed by atoms with Crippen LogP contribution >= 0.6 is 0 Å². The lowest BCUT2D eigenvalue weighted by Crippen LogP contribution is -2.67. The Kier molecular flexibility index (Phi) is 17.4. The third-order valence-electron chi connectivity index (χ3n) is 22.9. The van der Waals surface area contributed by atoms with E-state index in [1.54, 1.807) is 24.3 Å². The number of morpholine rings is 1. The first-order valence-corrected chi connectivity index (χ1v) is 33.7. The minimum Gasteiger partial charge on any atom is -0.388 e. The van der Waals surface area contributed by atoms with Gasteiger partial charge >= 0.3 is 24.3 Å². The molecule has 1 aromatic heterocycles. The van der Waals surface area contributed by atoms with Gasteiger partial charge in [-0.3, -0.25) is 19.6 Å². The van der Waals surface area contributed by atoms with Gasteiger partial charge in [-0.15, -0.1) is 0 Å². The molecule has 0 radical (unpaired) electrons. The van der Waals surface area contributed by atoms with E-state index in [0.717, 1.165) is 113 Å². The number of halogens is 5. The quantitative estimate of drug-likeness (QED) is 0.0906. The highest BCUT2D eigenvalue weighted by Gasteiger charge is 2.67. The Morgan fingerprint density at radius 2 is 1.17 bits per heavy atom.